The van der Waals surface area contributed by atoms with Crippen LogP contribution in [0.15, 0.2) is 58.3 Å². The zero-order chi connectivity index (χ0) is 30.0. The van der Waals surface area contributed by atoms with E-state index < -0.39 is 22.9 Å². The first kappa shape index (κ1) is 28.6. The summed E-state index contributed by atoms with van der Waals surface area (Å²) < 4.78 is 9.76. The predicted octanol–water partition coefficient (Wildman–Crippen LogP) is 2.75. The summed E-state index contributed by atoms with van der Waals surface area (Å²) in [6.45, 7) is 6.69. The number of hydrogen-bond acceptors (Lipinski definition) is 8. The Morgan fingerprint density at radius 1 is 1.12 bits per heavy atom. The van der Waals surface area contributed by atoms with Crippen molar-refractivity contribution < 1.29 is 9.53 Å². The van der Waals surface area contributed by atoms with Crippen LogP contribution in [0.25, 0.3) is 11.2 Å². The summed E-state index contributed by atoms with van der Waals surface area (Å²) in [6, 6.07) is 14.5. The molecule has 0 spiro atoms. The Balaban J connectivity index is 1.62. The number of pyridine rings is 1. The quantitative estimate of drug-likeness (QED) is 0.373. The molecule has 1 saturated heterocycles. The maximum atomic E-state index is 14.0. The number of aryl methyl sites for hydroxylation is 1. The molecule has 1 atom stereocenters. The van der Waals surface area contributed by atoms with E-state index in [1.54, 1.807) is 48.1 Å². The number of nitriles is 1. The van der Waals surface area contributed by atoms with E-state index in [4.69, 9.17) is 9.72 Å². The smallest absolute Gasteiger partial charge is 0.407 e. The summed E-state index contributed by atoms with van der Waals surface area (Å²) in [5.74, 6) is 0.483. The standard InChI is InChI=1S/C30H34N8O4/c1-30(2,3)42-28(40)33-23-13-9-15-36(18-23)27-34-25-24(37(27)17-21-11-6-5-10-20(21)16-31)26(39)38(29(41)35(25)4)19-22-12-7-8-14-32-22/h5-8,10-12,14,23H,9,13,15,17-19H2,1-4H3,(H,33,40). The van der Waals surface area contributed by atoms with Gasteiger partial charge in [-0.1, -0.05) is 24.3 Å². The SMILES string of the molecule is Cn1c(=O)n(Cc2ccccn2)c(=O)c2c1nc(N1CCCC(NC(=O)OC(C)(C)C)C1)n2Cc1ccccc1C#N. The van der Waals surface area contributed by atoms with Gasteiger partial charge >= 0.3 is 11.8 Å². The molecule has 0 aliphatic carbocycles. The van der Waals surface area contributed by atoms with Gasteiger partial charge in [-0.15, -0.1) is 0 Å². The van der Waals surface area contributed by atoms with E-state index in [2.05, 4.69) is 16.4 Å². The van der Waals surface area contributed by atoms with E-state index in [1.165, 1.54) is 4.57 Å². The third-order valence-corrected chi connectivity index (χ3v) is 7.15. The number of benzene rings is 1. The van der Waals surface area contributed by atoms with Crippen molar-refractivity contribution in [3.8, 4) is 6.07 Å². The fourth-order valence-corrected chi connectivity index (χ4v) is 5.23. The molecule has 0 radical (unpaired) electrons. The Bertz CT molecular complexity index is 1780. The Kier molecular flexibility index (Phi) is 7.85. The van der Waals surface area contributed by atoms with Crippen molar-refractivity contribution in [2.75, 3.05) is 18.0 Å². The molecule has 42 heavy (non-hydrogen) atoms. The Hall–Kier alpha value is -4.92. The molecular weight excluding hydrogens is 536 g/mol. The number of carbonyl (C=O) groups excluding carboxylic acids is 1. The Morgan fingerprint density at radius 3 is 2.60 bits per heavy atom. The molecule has 1 aliphatic rings. The van der Waals surface area contributed by atoms with Crippen molar-refractivity contribution in [3.63, 3.8) is 0 Å². The topological polar surface area (TPSA) is 140 Å². The van der Waals surface area contributed by atoms with Gasteiger partial charge < -0.3 is 15.0 Å². The highest BCUT2D eigenvalue weighted by atomic mass is 16.6. The lowest BCUT2D eigenvalue weighted by Gasteiger charge is -2.34. The van der Waals surface area contributed by atoms with Crippen LogP contribution in [-0.2, 0) is 24.9 Å². The molecule has 12 nitrogen and oxygen atoms in total. The van der Waals surface area contributed by atoms with E-state index in [0.717, 1.165) is 17.4 Å². The van der Waals surface area contributed by atoms with Gasteiger partial charge in [0.05, 0.1) is 30.4 Å². The molecule has 1 aromatic carbocycles. The molecule has 1 N–H and O–H groups in total. The van der Waals surface area contributed by atoms with Crippen LogP contribution < -0.4 is 21.5 Å². The van der Waals surface area contributed by atoms with Crippen LogP contribution in [0.5, 0.6) is 0 Å². The van der Waals surface area contributed by atoms with Gasteiger partial charge in [-0.3, -0.25) is 23.5 Å². The fraction of sp³-hybridized carbons (Fsp3) is 0.400. The van der Waals surface area contributed by atoms with E-state index in [-0.39, 0.29) is 30.3 Å². The van der Waals surface area contributed by atoms with Gasteiger partial charge in [0, 0.05) is 32.4 Å². The molecule has 5 rings (SSSR count). The zero-order valence-corrected chi connectivity index (χ0v) is 24.2. The first-order valence-electron chi connectivity index (χ1n) is 13.9. The van der Waals surface area contributed by atoms with Gasteiger partial charge in [0.2, 0.25) is 5.95 Å². The summed E-state index contributed by atoms with van der Waals surface area (Å²) in [5.41, 5.74) is 0.636. The lowest BCUT2D eigenvalue weighted by Crippen LogP contribution is -2.49. The van der Waals surface area contributed by atoms with Crippen molar-refractivity contribution >= 4 is 23.2 Å². The number of imidazole rings is 1. The van der Waals surface area contributed by atoms with Crippen molar-refractivity contribution in [2.24, 2.45) is 7.05 Å². The van der Waals surface area contributed by atoms with Gasteiger partial charge in [0.25, 0.3) is 5.56 Å². The summed E-state index contributed by atoms with van der Waals surface area (Å²) in [6.07, 6.45) is 2.64. The molecule has 1 amide bonds. The number of hydrogen-bond donors (Lipinski definition) is 1. The summed E-state index contributed by atoms with van der Waals surface area (Å²) in [5, 5.41) is 12.7. The largest absolute Gasteiger partial charge is 0.444 e. The van der Waals surface area contributed by atoms with Crippen LogP contribution in [0.3, 0.4) is 0 Å². The minimum atomic E-state index is -0.624. The molecule has 218 valence electrons. The maximum absolute atomic E-state index is 14.0. The van der Waals surface area contributed by atoms with Gasteiger partial charge in [-0.25, -0.2) is 9.59 Å². The van der Waals surface area contributed by atoms with Crippen molar-refractivity contribution in [2.45, 2.75) is 58.3 Å². The number of aromatic nitrogens is 5. The second-order valence-electron chi connectivity index (χ2n) is 11.4. The predicted molar refractivity (Wildman–Crippen MR) is 157 cm³/mol. The van der Waals surface area contributed by atoms with E-state index in [1.807, 2.05) is 37.8 Å². The Morgan fingerprint density at radius 2 is 1.88 bits per heavy atom. The maximum Gasteiger partial charge on any atom is 0.407 e. The molecule has 4 aromatic rings. The van der Waals surface area contributed by atoms with E-state index >= 15 is 0 Å². The summed E-state index contributed by atoms with van der Waals surface area (Å²) in [7, 11) is 1.59. The van der Waals surface area contributed by atoms with Crippen LogP contribution in [0.4, 0.5) is 10.7 Å². The molecule has 12 heteroatoms. The minimum absolute atomic E-state index is 0.00315. The number of rotatable bonds is 6. The van der Waals surface area contributed by atoms with Gasteiger partial charge in [-0.2, -0.15) is 10.2 Å². The van der Waals surface area contributed by atoms with Gasteiger partial charge in [0.1, 0.15) is 5.60 Å². The molecule has 1 unspecified atom stereocenters. The van der Waals surface area contributed by atoms with Crippen LogP contribution >= 0.6 is 0 Å². The lowest BCUT2D eigenvalue weighted by molar-refractivity contribution is 0.0499. The first-order chi connectivity index (χ1) is 20.1. The van der Waals surface area contributed by atoms with Crippen molar-refractivity contribution in [1.82, 2.24) is 29.0 Å². The second-order valence-corrected chi connectivity index (χ2v) is 11.4. The van der Waals surface area contributed by atoms with Crippen LogP contribution in [0, 0.1) is 11.3 Å². The number of ether oxygens (including phenoxy) is 1. The number of nitrogens with zero attached hydrogens (tertiary/aromatic N) is 7. The molecular formula is C30H34N8O4. The normalized spacial score (nSPS) is 15.4. The van der Waals surface area contributed by atoms with Crippen molar-refractivity contribution in [3.05, 3.63) is 86.3 Å². The highest BCUT2D eigenvalue weighted by molar-refractivity contribution is 5.75. The number of carbonyl (C=O) groups is 1. The van der Waals surface area contributed by atoms with Crippen LogP contribution in [0.2, 0.25) is 0 Å². The van der Waals surface area contributed by atoms with Gasteiger partial charge in [0.15, 0.2) is 11.2 Å². The lowest BCUT2D eigenvalue weighted by atomic mass is 10.1. The fourth-order valence-electron chi connectivity index (χ4n) is 5.23. The van der Waals surface area contributed by atoms with E-state index in [0.29, 0.717) is 35.9 Å². The number of fused-ring (bicyclic) bond motifs is 1. The van der Waals surface area contributed by atoms with E-state index in [9.17, 15) is 19.6 Å². The molecule has 0 saturated carbocycles. The number of anilines is 1. The highest BCUT2D eigenvalue weighted by Crippen LogP contribution is 2.25. The number of amides is 1. The van der Waals surface area contributed by atoms with Crippen LogP contribution in [-0.4, -0.2) is 54.5 Å². The van der Waals surface area contributed by atoms with Crippen LogP contribution in [0.1, 0.15) is 50.4 Å². The molecule has 3 aromatic heterocycles. The summed E-state index contributed by atoms with van der Waals surface area (Å²) in [4.78, 5) is 51.0. The second kappa shape index (κ2) is 11.5. The third kappa shape index (κ3) is 5.90. The van der Waals surface area contributed by atoms with Gasteiger partial charge in [-0.05, 0) is 57.4 Å². The minimum Gasteiger partial charge on any atom is -0.444 e. The number of piperidine rings is 1. The zero-order valence-electron chi connectivity index (χ0n) is 24.2. The molecule has 1 fully saturated rings. The first-order valence-corrected chi connectivity index (χ1v) is 13.9. The molecule has 0 bridgehead atoms. The molecule has 4 heterocycles. The highest BCUT2D eigenvalue weighted by Gasteiger charge is 2.29. The monoisotopic (exact) mass is 570 g/mol. The number of alkyl carbamates (subject to hydrolysis) is 1. The number of nitrogens with one attached hydrogen (secondary N) is 1. The third-order valence-electron chi connectivity index (χ3n) is 7.15. The Labute approximate surface area is 242 Å². The molecule has 1 aliphatic heterocycles. The van der Waals surface area contributed by atoms with Crippen molar-refractivity contribution in [1.29, 1.82) is 5.26 Å². The average Bonchev–Trinajstić information content (AvgIpc) is 3.33. The summed E-state index contributed by atoms with van der Waals surface area (Å²) >= 11 is 0. The average molecular weight is 571 g/mol.